The highest BCUT2D eigenvalue weighted by molar-refractivity contribution is 6.16. The molecule has 19 heavy (non-hydrogen) atoms. The van der Waals surface area contributed by atoms with Crippen LogP contribution in [0.15, 0.2) is 54.9 Å². The van der Waals surface area contributed by atoms with Crippen LogP contribution in [0.5, 0.6) is 11.6 Å². The van der Waals surface area contributed by atoms with Crippen molar-refractivity contribution in [2.24, 2.45) is 0 Å². The molecule has 0 radical (unpaired) electrons. The Balaban J connectivity index is 1.96. The number of hydrogen-bond acceptors (Lipinski definition) is 3. The summed E-state index contributed by atoms with van der Waals surface area (Å²) in [6, 6.07) is 14.0. The largest absolute Gasteiger partial charge is 0.437 e. The van der Waals surface area contributed by atoms with Gasteiger partial charge in [0.25, 0.3) is 0 Å². The van der Waals surface area contributed by atoms with Crippen LogP contribution in [0.3, 0.4) is 0 Å². The van der Waals surface area contributed by atoms with E-state index in [2.05, 4.69) is 9.97 Å². The highest BCUT2D eigenvalue weighted by Gasteiger charge is 2.04. The lowest BCUT2D eigenvalue weighted by Crippen LogP contribution is -1.92. The summed E-state index contributed by atoms with van der Waals surface area (Å²) in [6.45, 7) is 0. The van der Waals surface area contributed by atoms with Crippen LogP contribution in [0, 0.1) is 0 Å². The Hall–Kier alpha value is -2.13. The molecule has 0 amide bonds. The molecule has 0 aliphatic carbocycles. The van der Waals surface area contributed by atoms with Crippen LogP contribution in [0.2, 0.25) is 0 Å². The molecule has 0 aliphatic rings. The van der Waals surface area contributed by atoms with Gasteiger partial charge in [-0.05, 0) is 11.5 Å². The van der Waals surface area contributed by atoms with Crippen molar-refractivity contribution in [1.82, 2.24) is 9.97 Å². The first-order valence-electron chi connectivity index (χ1n) is 5.89. The predicted octanol–water partition coefficient (Wildman–Crippen LogP) is 4.16. The van der Waals surface area contributed by atoms with Gasteiger partial charge in [-0.3, -0.25) is 4.98 Å². The van der Waals surface area contributed by atoms with Gasteiger partial charge in [-0.1, -0.05) is 36.4 Å². The minimum Gasteiger partial charge on any atom is -0.437 e. The topological polar surface area (TPSA) is 35.0 Å². The number of fused-ring (bicyclic) bond motifs is 1. The first-order chi connectivity index (χ1) is 9.36. The minimum atomic E-state index is 0.349. The molecule has 3 aromatic rings. The van der Waals surface area contributed by atoms with Crippen molar-refractivity contribution in [3.63, 3.8) is 0 Å². The second-order valence-electron chi connectivity index (χ2n) is 4.06. The van der Waals surface area contributed by atoms with Gasteiger partial charge in [0.1, 0.15) is 5.75 Å². The molecule has 3 nitrogen and oxygen atoms in total. The first-order valence-corrected chi connectivity index (χ1v) is 6.43. The number of benzene rings is 2. The summed E-state index contributed by atoms with van der Waals surface area (Å²) < 4.78 is 5.77. The first kappa shape index (κ1) is 11.9. The van der Waals surface area contributed by atoms with Crippen LogP contribution in [0.1, 0.15) is 5.69 Å². The van der Waals surface area contributed by atoms with Crippen LogP contribution in [-0.2, 0) is 5.88 Å². The zero-order valence-corrected chi connectivity index (χ0v) is 10.8. The Kier molecular flexibility index (Phi) is 3.29. The van der Waals surface area contributed by atoms with Gasteiger partial charge in [0.05, 0.1) is 24.0 Å². The molecule has 0 bridgehead atoms. The van der Waals surface area contributed by atoms with Crippen LogP contribution < -0.4 is 4.74 Å². The smallest absolute Gasteiger partial charge is 0.237 e. The molecule has 0 N–H and O–H groups in total. The third-order valence-corrected chi connectivity index (χ3v) is 3.06. The highest BCUT2D eigenvalue weighted by Crippen LogP contribution is 2.28. The maximum absolute atomic E-state index is 5.77. The van der Waals surface area contributed by atoms with Gasteiger partial charge in [0, 0.05) is 5.39 Å². The molecule has 0 saturated carbocycles. The molecule has 0 fully saturated rings. The Labute approximate surface area is 115 Å². The van der Waals surface area contributed by atoms with Gasteiger partial charge in [0.2, 0.25) is 5.88 Å². The van der Waals surface area contributed by atoms with Crippen LogP contribution in [0.25, 0.3) is 10.8 Å². The number of aromatic nitrogens is 2. The zero-order chi connectivity index (χ0) is 13.1. The normalized spacial score (nSPS) is 10.6. The Morgan fingerprint density at radius 3 is 2.58 bits per heavy atom. The average molecular weight is 271 g/mol. The lowest BCUT2D eigenvalue weighted by Gasteiger charge is -2.07. The van der Waals surface area contributed by atoms with E-state index in [9.17, 15) is 0 Å². The van der Waals surface area contributed by atoms with E-state index >= 15 is 0 Å². The van der Waals surface area contributed by atoms with Crippen LogP contribution in [0.4, 0.5) is 0 Å². The Morgan fingerprint density at radius 2 is 1.79 bits per heavy atom. The van der Waals surface area contributed by atoms with Gasteiger partial charge in [-0.2, -0.15) is 0 Å². The molecule has 1 aromatic heterocycles. The molecule has 0 saturated heterocycles. The zero-order valence-electron chi connectivity index (χ0n) is 10.1. The van der Waals surface area contributed by atoms with E-state index < -0.39 is 0 Å². The summed E-state index contributed by atoms with van der Waals surface area (Å²) in [5.74, 6) is 1.58. The summed E-state index contributed by atoms with van der Waals surface area (Å²) in [4.78, 5) is 8.34. The van der Waals surface area contributed by atoms with Gasteiger partial charge in [0.15, 0.2) is 0 Å². The van der Waals surface area contributed by atoms with Gasteiger partial charge >= 0.3 is 0 Å². The van der Waals surface area contributed by atoms with E-state index in [0.717, 1.165) is 22.2 Å². The van der Waals surface area contributed by atoms with E-state index in [4.69, 9.17) is 16.3 Å². The summed E-state index contributed by atoms with van der Waals surface area (Å²) in [5.41, 5.74) is 0.729. The van der Waals surface area contributed by atoms with Crippen molar-refractivity contribution < 1.29 is 4.74 Å². The number of ether oxygens (including phenoxy) is 1. The standard InChI is InChI=1S/C15H11ClN2O/c16-8-12-9-18-15(10-17-12)19-14-7-3-5-11-4-1-2-6-13(11)14/h1-7,9-10H,8H2. The van der Waals surface area contributed by atoms with Crippen molar-refractivity contribution in [2.75, 3.05) is 0 Å². The van der Waals surface area contributed by atoms with Gasteiger partial charge in [-0.15, -0.1) is 11.6 Å². The second-order valence-corrected chi connectivity index (χ2v) is 4.33. The monoisotopic (exact) mass is 270 g/mol. The van der Waals surface area contributed by atoms with E-state index in [0.29, 0.717) is 11.8 Å². The summed E-state index contributed by atoms with van der Waals surface area (Å²) in [5, 5.41) is 2.18. The molecular weight excluding hydrogens is 260 g/mol. The Bertz CT molecular complexity index is 693. The maximum atomic E-state index is 5.77. The number of hydrogen-bond donors (Lipinski definition) is 0. The van der Waals surface area contributed by atoms with Gasteiger partial charge < -0.3 is 4.74 Å². The third kappa shape index (κ3) is 2.51. The summed E-state index contributed by atoms with van der Waals surface area (Å²) >= 11 is 5.67. The molecule has 0 aliphatic heterocycles. The molecule has 0 spiro atoms. The van der Waals surface area contributed by atoms with Crippen molar-refractivity contribution in [1.29, 1.82) is 0 Å². The maximum Gasteiger partial charge on any atom is 0.237 e. The van der Waals surface area contributed by atoms with Crippen molar-refractivity contribution >= 4 is 22.4 Å². The number of halogens is 1. The number of rotatable bonds is 3. The molecule has 94 valence electrons. The van der Waals surface area contributed by atoms with Crippen molar-refractivity contribution in [3.8, 4) is 11.6 Å². The lowest BCUT2D eigenvalue weighted by molar-refractivity contribution is 0.464. The number of alkyl halides is 1. The fourth-order valence-corrected chi connectivity index (χ4v) is 2.00. The van der Waals surface area contributed by atoms with Crippen LogP contribution >= 0.6 is 11.6 Å². The molecule has 2 aromatic carbocycles. The summed E-state index contributed by atoms with van der Waals surface area (Å²) in [7, 11) is 0. The van der Waals surface area contributed by atoms with Crippen LogP contribution in [-0.4, -0.2) is 9.97 Å². The quantitative estimate of drug-likeness (QED) is 0.670. The average Bonchev–Trinajstić information content (AvgIpc) is 2.48. The van der Waals surface area contributed by atoms with E-state index in [1.54, 1.807) is 12.4 Å². The van der Waals surface area contributed by atoms with Crippen molar-refractivity contribution in [3.05, 3.63) is 60.6 Å². The number of nitrogens with zero attached hydrogens (tertiary/aromatic N) is 2. The fraction of sp³-hybridized carbons (Fsp3) is 0.0667. The molecule has 0 atom stereocenters. The van der Waals surface area contributed by atoms with E-state index in [1.807, 2.05) is 42.5 Å². The third-order valence-electron chi connectivity index (χ3n) is 2.78. The lowest BCUT2D eigenvalue weighted by atomic mass is 10.1. The SMILES string of the molecule is ClCc1cnc(Oc2cccc3ccccc23)cn1. The van der Waals surface area contributed by atoms with Crippen molar-refractivity contribution in [2.45, 2.75) is 5.88 Å². The fourth-order valence-electron chi connectivity index (χ4n) is 1.86. The van der Waals surface area contributed by atoms with Gasteiger partial charge in [-0.25, -0.2) is 4.98 Å². The Morgan fingerprint density at radius 1 is 0.947 bits per heavy atom. The summed E-state index contributed by atoms with van der Waals surface area (Å²) in [6.07, 6.45) is 3.20. The van der Waals surface area contributed by atoms with E-state index in [1.165, 1.54) is 0 Å². The molecule has 1 heterocycles. The second kappa shape index (κ2) is 5.24. The minimum absolute atomic E-state index is 0.349. The highest BCUT2D eigenvalue weighted by atomic mass is 35.5. The van der Waals surface area contributed by atoms with E-state index in [-0.39, 0.29) is 0 Å². The predicted molar refractivity (Wildman–Crippen MR) is 75.6 cm³/mol. The molecular formula is C15H11ClN2O. The molecule has 3 rings (SSSR count). The molecule has 0 unspecified atom stereocenters. The molecule has 4 heteroatoms.